The molecule has 2 atom stereocenters. The number of H-pyrrole nitrogens is 2. The standard InChI is InChI=1S/C26H27N5O5S2/c1-13(2)14-7-9-15(10-8-14)21(20-23(34)29-25(36)30-24(20)35)28-26-31-22(33)18(38-26)12-19(32)27-16-5-4-6-17(11-16)37-3/h4-11,13,18,21H,12H2,1-3H3,(H,27,32)(H,28,31,33)(H3,29,30,34,35,36)/t18-,21+/m0/s1. The van der Waals surface area contributed by atoms with Gasteiger partial charge < -0.3 is 15.7 Å². The third kappa shape index (κ3) is 6.37. The Labute approximate surface area is 226 Å². The lowest BCUT2D eigenvalue weighted by atomic mass is 9.96. The van der Waals surface area contributed by atoms with E-state index in [1.54, 1.807) is 30.0 Å². The van der Waals surface area contributed by atoms with Crippen LogP contribution in [0, 0.1) is 0 Å². The van der Waals surface area contributed by atoms with Crippen molar-refractivity contribution < 1.29 is 14.7 Å². The number of anilines is 1. The first kappa shape index (κ1) is 27.3. The molecule has 1 aromatic heterocycles. The van der Waals surface area contributed by atoms with Crippen LogP contribution in [0.5, 0.6) is 5.88 Å². The number of aromatic amines is 2. The molecule has 0 bridgehead atoms. The van der Waals surface area contributed by atoms with Gasteiger partial charge in [-0.25, -0.2) is 9.79 Å². The van der Waals surface area contributed by atoms with E-state index in [0.29, 0.717) is 11.3 Å². The van der Waals surface area contributed by atoms with Crippen molar-refractivity contribution >= 4 is 46.2 Å². The van der Waals surface area contributed by atoms with Crippen LogP contribution in [0.25, 0.3) is 0 Å². The second-order valence-electron chi connectivity index (χ2n) is 8.91. The van der Waals surface area contributed by atoms with Crippen molar-refractivity contribution in [3.63, 3.8) is 0 Å². The third-order valence-electron chi connectivity index (χ3n) is 5.90. The molecule has 0 radical (unpaired) electrons. The molecule has 0 aliphatic carbocycles. The van der Waals surface area contributed by atoms with Gasteiger partial charge in [0.2, 0.25) is 17.7 Å². The summed E-state index contributed by atoms with van der Waals surface area (Å²) in [5.74, 6) is -1.06. The summed E-state index contributed by atoms with van der Waals surface area (Å²) in [5.41, 5.74) is 0.453. The van der Waals surface area contributed by atoms with Gasteiger partial charge in [-0.1, -0.05) is 55.9 Å². The minimum atomic E-state index is -1.03. The lowest BCUT2D eigenvalue weighted by Crippen LogP contribution is -2.29. The van der Waals surface area contributed by atoms with Crippen LogP contribution >= 0.6 is 23.5 Å². The second kappa shape index (κ2) is 11.7. The zero-order valence-corrected chi connectivity index (χ0v) is 22.5. The Hall–Kier alpha value is -3.77. The summed E-state index contributed by atoms with van der Waals surface area (Å²) in [6.07, 6.45) is 1.85. The van der Waals surface area contributed by atoms with Crippen molar-refractivity contribution in [3.05, 3.63) is 86.1 Å². The number of amides is 2. The molecule has 10 nitrogen and oxygen atoms in total. The van der Waals surface area contributed by atoms with Gasteiger partial charge in [0.15, 0.2) is 5.17 Å². The predicted octanol–water partition coefficient (Wildman–Crippen LogP) is 3.32. The number of aromatic nitrogens is 2. The first-order valence-corrected chi connectivity index (χ1v) is 13.9. The molecule has 1 aliphatic rings. The first-order chi connectivity index (χ1) is 18.1. The van der Waals surface area contributed by atoms with Gasteiger partial charge in [-0.2, -0.15) is 0 Å². The summed E-state index contributed by atoms with van der Waals surface area (Å²) < 4.78 is 0. The maximum absolute atomic E-state index is 12.7. The fourth-order valence-corrected chi connectivity index (χ4v) is 5.36. The fraction of sp³-hybridized carbons (Fsp3) is 0.269. The SMILES string of the molecule is CSc1cccc(NC(=O)C[C@@H]2SC(=N[C@H](c3ccc(C(C)C)cc3)c3c(O)[nH]c(=O)[nH]c3=O)NC2=O)c1. The number of carbonyl (C=O) groups is 2. The molecule has 1 saturated heterocycles. The van der Waals surface area contributed by atoms with Crippen LogP contribution in [0.4, 0.5) is 5.69 Å². The number of rotatable bonds is 8. The van der Waals surface area contributed by atoms with Crippen molar-refractivity contribution in [2.24, 2.45) is 4.99 Å². The maximum atomic E-state index is 12.7. The smallest absolute Gasteiger partial charge is 0.328 e. The normalized spacial score (nSPS) is 17.0. The van der Waals surface area contributed by atoms with E-state index in [1.165, 1.54) is 0 Å². The van der Waals surface area contributed by atoms with Crippen molar-refractivity contribution in [3.8, 4) is 5.88 Å². The Morgan fingerprint density at radius 1 is 1.11 bits per heavy atom. The molecule has 1 aliphatic heterocycles. The highest BCUT2D eigenvalue weighted by atomic mass is 32.2. The van der Waals surface area contributed by atoms with Crippen LogP contribution < -0.4 is 21.9 Å². The van der Waals surface area contributed by atoms with Crippen molar-refractivity contribution in [1.82, 2.24) is 15.3 Å². The number of benzene rings is 2. The average Bonchev–Trinajstić information content (AvgIpc) is 3.21. The lowest BCUT2D eigenvalue weighted by molar-refractivity contribution is -0.122. The minimum Gasteiger partial charge on any atom is -0.494 e. The zero-order chi connectivity index (χ0) is 27.4. The van der Waals surface area contributed by atoms with Crippen LogP contribution in [0.1, 0.15) is 48.9 Å². The van der Waals surface area contributed by atoms with E-state index in [9.17, 15) is 24.3 Å². The zero-order valence-electron chi connectivity index (χ0n) is 20.9. The number of thioether (sulfide) groups is 2. The Morgan fingerprint density at radius 3 is 2.47 bits per heavy atom. The molecule has 2 heterocycles. The summed E-state index contributed by atoms with van der Waals surface area (Å²) in [6, 6.07) is 13.7. The van der Waals surface area contributed by atoms with Gasteiger partial charge in [0.1, 0.15) is 16.9 Å². The Kier molecular flexibility index (Phi) is 8.42. The molecular weight excluding hydrogens is 526 g/mol. The van der Waals surface area contributed by atoms with Gasteiger partial charge in [-0.3, -0.25) is 24.4 Å². The monoisotopic (exact) mass is 553 g/mol. The van der Waals surface area contributed by atoms with E-state index in [-0.39, 0.29) is 29.0 Å². The van der Waals surface area contributed by atoms with Crippen LogP contribution in [-0.4, -0.2) is 43.6 Å². The van der Waals surface area contributed by atoms with E-state index in [0.717, 1.165) is 22.2 Å². The van der Waals surface area contributed by atoms with Gasteiger partial charge >= 0.3 is 5.69 Å². The summed E-state index contributed by atoms with van der Waals surface area (Å²) in [7, 11) is 0. The molecule has 0 unspecified atom stereocenters. The predicted molar refractivity (Wildman–Crippen MR) is 150 cm³/mol. The highest BCUT2D eigenvalue weighted by molar-refractivity contribution is 8.15. The van der Waals surface area contributed by atoms with Gasteiger partial charge in [0, 0.05) is 17.0 Å². The Bertz CT molecular complexity index is 1500. The van der Waals surface area contributed by atoms with Gasteiger partial charge in [0.05, 0.1) is 0 Å². The summed E-state index contributed by atoms with van der Waals surface area (Å²) in [4.78, 5) is 59.5. The Balaban J connectivity index is 1.59. The molecule has 38 heavy (non-hydrogen) atoms. The number of hydrogen-bond donors (Lipinski definition) is 5. The molecule has 3 aromatic rings. The number of amidine groups is 1. The highest BCUT2D eigenvalue weighted by Gasteiger charge is 2.34. The van der Waals surface area contributed by atoms with Crippen LogP contribution in [0.3, 0.4) is 0 Å². The molecule has 1 fully saturated rings. The second-order valence-corrected chi connectivity index (χ2v) is 11.0. The van der Waals surface area contributed by atoms with Crippen LogP contribution in [-0.2, 0) is 9.59 Å². The quantitative estimate of drug-likeness (QED) is 0.268. The van der Waals surface area contributed by atoms with Gasteiger partial charge in [-0.15, -0.1) is 11.8 Å². The molecule has 5 N–H and O–H groups in total. The maximum Gasteiger partial charge on any atom is 0.328 e. The van der Waals surface area contributed by atoms with Crippen LogP contribution in [0.2, 0.25) is 0 Å². The van der Waals surface area contributed by atoms with Crippen LogP contribution in [0.15, 0.2) is 68.0 Å². The summed E-state index contributed by atoms with van der Waals surface area (Å²) in [5, 5.41) is 15.4. The fourth-order valence-electron chi connectivity index (χ4n) is 3.91. The number of nitrogens with one attached hydrogen (secondary N) is 4. The minimum absolute atomic E-state index is 0.0861. The number of hydrogen-bond acceptors (Lipinski definition) is 8. The number of carbonyl (C=O) groups excluding carboxylic acids is 2. The van der Waals surface area contributed by atoms with Gasteiger partial charge in [-0.05, 0) is 41.5 Å². The molecule has 2 amide bonds. The average molecular weight is 554 g/mol. The molecule has 0 saturated carbocycles. The van der Waals surface area contributed by atoms with Crippen molar-refractivity contribution in [2.75, 3.05) is 11.6 Å². The topological polar surface area (TPSA) is 157 Å². The lowest BCUT2D eigenvalue weighted by Gasteiger charge is -2.15. The molecular formula is C26H27N5O5S2. The van der Waals surface area contributed by atoms with Crippen molar-refractivity contribution in [1.29, 1.82) is 0 Å². The molecule has 198 valence electrons. The molecule has 12 heteroatoms. The van der Waals surface area contributed by atoms with E-state index >= 15 is 0 Å². The molecule has 0 spiro atoms. The largest absolute Gasteiger partial charge is 0.494 e. The number of aromatic hydroxyl groups is 1. The highest BCUT2D eigenvalue weighted by Crippen LogP contribution is 2.32. The van der Waals surface area contributed by atoms with Gasteiger partial charge in [0.25, 0.3) is 5.56 Å². The molecule has 2 aromatic carbocycles. The third-order valence-corrected chi connectivity index (χ3v) is 7.72. The number of nitrogens with zero attached hydrogens (tertiary/aromatic N) is 1. The van der Waals surface area contributed by atoms with Crippen molar-refractivity contribution in [2.45, 2.75) is 42.4 Å². The molecule has 4 rings (SSSR count). The van der Waals surface area contributed by atoms with E-state index in [1.807, 2.05) is 50.4 Å². The summed E-state index contributed by atoms with van der Waals surface area (Å²) in [6.45, 7) is 4.09. The number of aliphatic imine (C=N–C) groups is 1. The van der Waals surface area contributed by atoms with E-state index < -0.39 is 34.3 Å². The van der Waals surface area contributed by atoms with E-state index in [4.69, 9.17) is 0 Å². The Morgan fingerprint density at radius 2 is 1.82 bits per heavy atom. The first-order valence-electron chi connectivity index (χ1n) is 11.8. The van der Waals surface area contributed by atoms with E-state index in [2.05, 4.69) is 25.6 Å². The summed E-state index contributed by atoms with van der Waals surface area (Å²) >= 11 is 2.62.